The molecule has 1 atom stereocenters. The Hall–Kier alpha value is -2.32. The average molecular weight is 395 g/mol. The third-order valence-electron chi connectivity index (χ3n) is 4.37. The Labute approximate surface area is 161 Å². The van der Waals surface area contributed by atoms with Crippen LogP contribution in [0.4, 0.5) is 18.9 Å². The van der Waals surface area contributed by atoms with Crippen LogP contribution in [0.2, 0.25) is 0 Å². The lowest BCUT2D eigenvalue weighted by atomic mass is 10.0. The Morgan fingerprint density at radius 3 is 2.37 bits per heavy atom. The van der Waals surface area contributed by atoms with Crippen LogP contribution in [0.1, 0.15) is 11.6 Å². The molecule has 0 aliphatic carbocycles. The van der Waals surface area contributed by atoms with Gasteiger partial charge in [-0.3, -0.25) is 0 Å². The number of rotatable bonds is 3. The molecule has 144 valence electrons. The van der Waals surface area contributed by atoms with E-state index < -0.39 is 6.36 Å². The molecular weight excluding hydrogens is 375 g/mol. The molecule has 0 spiro atoms. The second-order valence-electron chi connectivity index (χ2n) is 6.38. The van der Waals surface area contributed by atoms with Crippen molar-refractivity contribution in [3.63, 3.8) is 0 Å². The number of anilines is 1. The highest BCUT2D eigenvalue weighted by molar-refractivity contribution is 7.80. The number of likely N-dealkylation sites (N-methyl/N-ethyl adjacent to an activating group) is 1. The molecular formula is C19H20F3N3OS. The summed E-state index contributed by atoms with van der Waals surface area (Å²) in [6.45, 7) is 2.48. The van der Waals surface area contributed by atoms with E-state index in [4.69, 9.17) is 12.2 Å². The number of hydrogen-bond donors (Lipinski definition) is 1. The number of ether oxygens (including phenoxy) is 1. The Bertz CT molecular complexity index is 768. The van der Waals surface area contributed by atoms with Crippen molar-refractivity contribution in [2.75, 3.05) is 32.0 Å². The van der Waals surface area contributed by atoms with Gasteiger partial charge in [-0.2, -0.15) is 0 Å². The molecule has 0 unspecified atom stereocenters. The SMILES string of the molecule is CN1CCN(C(=S)Nc2ccc(OC(F)(F)F)cc2)[C@@H](c2ccccc2)C1. The number of benzene rings is 2. The van der Waals surface area contributed by atoms with E-state index in [0.29, 0.717) is 10.8 Å². The zero-order valence-corrected chi connectivity index (χ0v) is 15.6. The molecule has 1 aliphatic rings. The second kappa shape index (κ2) is 8.14. The Balaban J connectivity index is 1.70. The third-order valence-corrected chi connectivity index (χ3v) is 4.70. The molecule has 2 aromatic carbocycles. The summed E-state index contributed by atoms with van der Waals surface area (Å²) in [5.41, 5.74) is 1.78. The van der Waals surface area contributed by atoms with Crippen LogP contribution in [0.3, 0.4) is 0 Å². The van der Waals surface area contributed by atoms with Crippen LogP contribution < -0.4 is 10.1 Å². The van der Waals surface area contributed by atoms with Crippen molar-refractivity contribution >= 4 is 23.0 Å². The molecule has 0 saturated carbocycles. The van der Waals surface area contributed by atoms with Gasteiger partial charge in [0, 0.05) is 25.3 Å². The summed E-state index contributed by atoms with van der Waals surface area (Å²) in [7, 11) is 2.07. The summed E-state index contributed by atoms with van der Waals surface area (Å²) in [5, 5.41) is 3.66. The van der Waals surface area contributed by atoms with Crippen LogP contribution in [-0.2, 0) is 0 Å². The molecule has 1 fully saturated rings. The molecule has 1 N–H and O–H groups in total. The Morgan fingerprint density at radius 2 is 1.74 bits per heavy atom. The molecule has 27 heavy (non-hydrogen) atoms. The fourth-order valence-corrected chi connectivity index (χ4v) is 3.39. The van der Waals surface area contributed by atoms with Gasteiger partial charge in [-0.15, -0.1) is 13.2 Å². The molecule has 1 aliphatic heterocycles. The molecule has 0 amide bonds. The first-order valence-corrected chi connectivity index (χ1v) is 8.89. The monoisotopic (exact) mass is 395 g/mol. The number of alkyl halides is 3. The summed E-state index contributed by atoms with van der Waals surface area (Å²) in [4.78, 5) is 4.37. The van der Waals surface area contributed by atoms with Gasteiger partial charge in [-0.25, -0.2) is 0 Å². The molecule has 1 saturated heterocycles. The van der Waals surface area contributed by atoms with Crippen LogP contribution in [0.15, 0.2) is 54.6 Å². The zero-order valence-electron chi connectivity index (χ0n) is 14.7. The van der Waals surface area contributed by atoms with Crippen LogP contribution in [0.25, 0.3) is 0 Å². The average Bonchev–Trinajstić information content (AvgIpc) is 2.63. The van der Waals surface area contributed by atoms with Crippen molar-refractivity contribution in [2.45, 2.75) is 12.4 Å². The van der Waals surface area contributed by atoms with Gasteiger partial charge in [0.25, 0.3) is 0 Å². The quantitative estimate of drug-likeness (QED) is 0.784. The molecule has 8 heteroatoms. The lowest BCUT2D eigenvalue weighted by molar-refractivity contribution is -0.274. The number of hydrogen-bond acceptors (Lipinski definition) is 3. The van der Waals surface area contributed by atoms with Crippen LogP contribution in [0.5, 0.6) is 5.75 Å². The molecule has 0 bridgehead atoms. The van der Waals surface area contributed by atoms with Gasteiger partial charge in [-0.1, -0.05) is 30.3 Å². The summed E-state index contributed by atoms with van der Waals surface area (Å²) in [6.07, 6.45) is -4.70. The third kappa shape index (κ3) is 5.33. The van der Waals surface area contributed by atoms with Crippen molar-refractivity contribution in [1.29, 1.82) is 0 Å². The summed E-state index contributed by atoms with van der Waals surface area (Å²) < 4.78 is 40.7. The van der Waals surface area contributed by atoms with E-state index in [9.17, 15) is 13.2 Å². The van der Waals surface area contributed by atoms with Crippen LogP contribution in [0, 0.1) is 0 Å². The van der Waals surface area contributed by atoms with Gasteiger partial charge in [-0.05, 0) is 49.1 Å². The molecule has 2 aromatic rings. The summed E-state index contributed by atoms with van der Waals surface area (Å²) in [5.74, 6) is -0.263. The maximum Gasteiger partial charge on any atom is 0.573 e. The van der Waals surface area contributed by atoms with E-state index in [0.717, 1.165) is 19.6 Å². The van der Waals surface area contributed by atoms with Gasteiger partial charge >= 0.3 is 6.36 Å². The van der Waals surface area contributed by atoms with Gasteiger partial charge in [0.15, 0.2) is 5.11 Å². The maximum atomic E-state index is 12.3. The number of halogens is 3. The summed E-state index contributed by atoms with van der Waals surface area (Å²) in [6, 6.07) is 15.8. The molecule has 0 aromatic heterocycles. The molecule has 1 heterocycles. The van der Waals surface area contributed by atoms with Crippen molar-refractivity contribution < 1.29 is 17.9 Å². The first kappa shape index (κ1) is 19.4. The number of thiocarbonyl (C=S) groups is 1. The molecule has 4 nitrogen and oxygen atoms in total. The van der Waals surface area contributed by atoms with Crippen molar-refractivity contribution in [3.8, 4) is 5.75 Å². The van der Waals surface area contributed by atoms with Gasteiger partial charge < -0.3 is 19.9 Å². The predicted molar refractivity (Wildman–Crippen MR) is 103 cm³/mol. The number of nitrogens with one attached hydrogen (secondary N) is 1. The van der Waals surface area contributed by atoms with E-state index in [-0.39, 0.29) is 11.8 Å². The standard InChI is InChI=1S/C19H20F3N3OS/c1-24-11-12-25(17(13-24)14-5-3-2-4-6-14)18(27)23-15-7-9-16(10-8-15)26-19(20,21)22/h2-10,17H,11-13H2,1H3,(H,23,27)/t17-/m1/s1. The first-order valence-electron chi connectivity index (χ1n) is 8.49. The van der Waals surface area contributed by atoms with E-state index in [1.54, 1.807) is 0 Å². The first-order chi connectivity index (χ1) is 12.8. The zero-order chi connectivity index (χ0) is 19.4. The molecule has 3 rings (SSSR count). The lowest BCUT2D eigenvalue weighted by Crippen LogP contribution is -2.50. The second-order valence-corrected chi connectivity index (χ2v) is 6.77. The minimum absolute atomic E-state index is 0.109. The fourth-order valence-electron chi connectivity index (χ4n) is 3.06. The Morgan fingerprint density at radius 1 is 1.07 bits per heavy atom. The smallest absolute Gasteiger partial charge is 0.406 e. The number of nitrogens with zero attached hydrogens (tertiary/aromatic N) is 2. The van der Waals surface area contributed by atoms with Gasteiger partial charge in [0.05, 0.1) is 6.04 Å². The van der Waals surface area contributed by atoms with Crippen molar-refractivity contribution in [1.82, 2.24) is 9.80 Å². The van der Waals surface area contributed by atoms with E-state index >= 15 is 0 Å². The fraction of sp³-hybridized carbons (Fsp3) is 0.316. The topological polar surface area (TPSA) is 27.7 Å². The predicted octanol–water partition coefficient (Wildman–Crippen LogP) is 4.27. The highest BCUT2D eigenvalue weighted by Gasteiger charge is 2.31. The molecule has 0 radical (unpaired) electrons. The number of piperazine rings is 1. The van der Waals surface area contributed by atoms with E-state index in [2.05, 4.69) is 39.0 Å². The largest absolute Gasteiger partial charge is 0.573 e. The Kier molecular flexibility index (Phi) is 5.86. The van der Waals surface area contributed by atoms with Crippen LogP contribution in [-0.4, -0.2) is 48.0 Å². The van der Waals surface area contributed by atoms with E-state index in [1.807, 2.05) is 18.2 Å². The summed E-state index contributed by atoms with van der Waals surface area (Å²) >= 11 is 5.58. The van der Waals surface area contributed by atoms with Gasteiger partial charge in [0.1, 0.15) is 5.75 Å². The highest BCUT2D eigenvalue weighted by Crippen LogP contribution is 2.27. The van der Waals surface area contributed by atoms with Crippen molar-refractivity contribution in [2.24, 2.45) is 0 Å². The van der Waals surface area contributed by atoms with Crippen LogP contribution >= 0.6 is 12.2 Å². The van der Waals surface area contributed by atoms with Gasteiger partial charge in [0.2, 0.25) is 0 Å². The minimum atomic E-state index is -4.70. The minimum Gasteiger partial charge on any atom is -0.406 e. The lowest BCUT2D eigenvalue weighted by Gasteiger charge is -2.41. The normalized spacial score (nSPS) is 18.2. The maximum absolute atomic E-state index is 12.3. The highest BCUT2D eigenvalue weighted by atomic mass is 32.1. The van der Waals surface area contributed by atoms with Crippen molar-refractivity contribution in [3.05, 3.63) is 60.2 Å². The van der Waals surface area contributed by atoms with E-state index in [1.165, 1.54) is 29.8 Å².